The molecule has 4 aromatic rings. The Morgan fingerprint density at radius 1 is 1.03 bits per heavy atom. The number of nitrogens with zero attached hydrogens (tertiary/aromatic N) is 1. The zero-order valence-electron chi connectivity index (χ0n) is 17.7. The van der Waals surface area contributed by atoms with E-state index in [9.17, 15) is 10.1 Å². The maximum absolute atomic E-state index is 12.8. The Kier molecular flexibility index (Phi) is 7.54. The molecule has 0 radical (unpaired) electrons. The first-order valence-corrected chi connectivity index (χ1v) is 11.8. The van der Waals surface area contributed by atoms with Gasteiger partial charge in [-0.25, -0.2) is 0 Å². The number of halogens is 3. The SMILES string of the molecule is N#C/C(=C/c1cc(Br)ccc1OCc1cccc2ccccc12)C(=O)Nc1cc(Cl)ccc1Cl. The van der Waals surface area contributed by atoms with Crippen LogP contribution >= 0.6 is 39.1 Å². The van der Waals surface area contributed by atoms with E-state index in [1.165, 1.54) is 12.1 Å². The summed E-state index contributed by atoms with van der Waals surface area (Å²) < 4.78 is 6.90. The molecule has 1 N–H and O–H groups in total. The third kappa shape index (κ3) is 5.60. The molecule has 0 heterocycles. The van der Waals surface area contributed by atoms with Crippen LogP contribution in [0.2, 0.25) is 10.0 Å². The Balaban J connectivity index is 1.61. The van der Waals surface area contributed by atoms with Gasteiger partial charge in [0, 0.05) is 15.1 Å². The predicted octanol–water partition coefficient (Wildman–Crippen LogP) is 8.03. The fourth-order valence-electron chi connectivity index (χ4n) is 3.42. The molecule has 1 amide bonds. The van der Waals surface area contributed by atoms with E-state index in [4.69, 9.17) is 27.9 Å². The second-order valence-electron chi connectivity index (χ2n) is 7.36. The van der Waals surface area contributed by atoms with Crippen LogP contribution in [0.1, 0.15) is 11.1 Å². The Hall–Kier alpha value is -3.30. The summed E-state index contributed by atoms with van der Waals surface area (Å²) in [4.78, 5) is 12.8. The van der Waals surface area contributed by atoms with Gasteiger partial charge in [-0.3, -0.25) is 4.79 Å². The summed E-state index contributed by atoms with van der Waals surface area (Å²) >= 11 is 15.6. The van der Waals surface area contributed by atoms with Crippen LogP contribution < -0.4 is 10.1 Å². The minimum atomic E-state index is -0.605. The molecule has 0 atom stereocenters. The highest BCUT2D eigenvalue weighted by molar-refractivity contribution is 9.10. The van der Waals surface area contributed by atoms with Crippen LogP contribution in [-0.2, 0) is 11.4 Å². The van der Waals surface area contributed by atoms with E-state index < -0.39 is 5.91 Å². The number of hydrogen-bond donors (Lipinski definition) is 1. The van der Waals surface area contributed by atoms with Gasteiger partial charge in [0.15, 0.2) is 0 Å². The van der Waals surface area contributed by atoms with Crippen LogP contribution in [0.4, 0.5) is 5.69 Å². The highest BCUT2D eigenvalue weighted by atomic mass is 79.9. The topological polar surface area (TPSA) is 62.1 Å². The Bertz CT molecular complexity index is 1460. The molecule has 0 aromatic heterocycles. The summed E-state index contributed by atoms with van der Waals surface area (Å²) in [6, 6.07) is 26.2. The molecule has 168 valence electrons. The fourth-order valence-corrected chi connectivity index (χ4v) is 4.14. The molecule has 7 heteroatoms. The summed E-state index contributed by atoms with van der Waals surface area (Å²) in [5, 5.41) is 15.3. The third-order valence-electron chi connectivity index (χ3n) is 5.08. The summed E-state index contributed by atoms with van der Waals surface area (Å²) in [5.41, 5.74) is 1.83. The van der Waals surface area contributed by atoms with E-state index in [-0.39, 0.29) is 5.57 Å². The summed E-state index contributed by atoms with van der Waals surface area (Å²) in [6.07, 6.45) is 1.48. The molecule has 0 bridgehead atoms. The third-order valence-corrected chi connectivity index (χ3v) is 6.13. The van der Waals surface area contributed by atoms with Crippen molar-refractivity contribution in [2.45, 2.75) is 6.61 Å². The van der Waals surface area contributed by atoms with Crippen molar-refractivity contribution in [1.82, 2.24) is 0 Å². The maximum Gasteiger partial charge on any atom is 0.266 e. The zero-order valence-corrected chi connectivity index (χ0v) is 20.8. The van der Waals surface area contributed by atoms with Crippen molar-refractivity contribution in [3.63, 3.8) is 0 Å². The van der Waals surface area contributed by atoms with Gasteiger partial charge in [0.05, 0.1) is 10.7 Å². The number of fused-ring (bicyclic) bond motifs is 1. The van der Waals surface area contributed by atoms with Gasteiger partial charge in [-0.05, 0) is 58.8 Å². The lowest BCUT2D eigenvalue weighted by Gasteiger charge is -2.12. The number of nitriles is 1. The number of rotatable bonds is 6. The lowest BCUT2D eigenvalue weighted by molar-refractivity contribution is -0.112. The second-order valence-corrected chi connectivity index (χ2v) is 9.12. The van der Waals surface area contributed by atoms with E-state index in [0.29, 0.717) is 33.7 Å². The molecule has 4 rings (SSSR count). The summed E-state index contributed by atoms with van der Waals surface area (Å²) in [5.74, 6) is -0.0656. The monoisotopic (exact) mass is 550 g/mol. The number of carbonyl (C=O) groups excluding carboxylic acids is 1. The molecule has 0 aliphatic carbocycles. The molecule has 0 saturated carbocycles. The first-order valence-electron chi connectivity index (χ1n) is 10.2. The summed E-state index contributed by atoms with van der Waals surface area (Å²) in [7, 11) is 0. The molecule has 4 aromatic carbocycles. The predicted molar refractivity (Wildman–Crippen MR) is 141 cm³/mol. The Morgan fingerprint density at radius 2 is 1.82 bits per heavy atom. The number of hydrogen-bond acceptors (Lipinski definition) is 3. The van der Waals surface area contributed by atoms with Gasteiger partial charge < -0.3 is 10.1 Å². The van der Waals surface area contributed by atoms with Gasteiger partial charge in [0.2, 0.25) is 0 Å². The van der Waals surface area contributed by atoms with Crippen molar-refractivity contribution < 1.29 is 9.53 Å². The van der Waals surface area contributed by atoms with Crippen molar-refractivity contribution in [1.29, 1.82) is 5.26 Å². The molecule has 0 aliphatic heterocycles. The highest BCUT2D eigenvalue weighted by Gasteiger charge is 2.14. The van der Waals surface area contributed by atoms with Crippen LogP contribution in [0, 0.1) is 11.3 Å². The lowest BCUT2D eigenvalue weighted by atomic mass is 10.1. The van der Waals surface area contributed by atoms with E-state index in [1.807, 2.05) is 36.4 Å². The van der Waals surface area contributed by atoms with E-state index in [2.05, 4.69) is 39.4 Å². The number of anilines is 1. The van der Waals surface area contributed by atoms with Gasteiger partial charge >= 0.3 is 0 Å². The van der Waals surface area contributed by atoms with Crippen molar-refractivity contribution in [2.75, 3.05) is 5.32 Å². The van der Waals surface area contributed by atoms with Crippen molar-refractivity contribution in [2.24, 2.45) is 0 Å². The van der Waals surface area contributed by atoms with Gasteiger partial charge in [0.1, 0.15) is 24.0 Å². The molecule has 0 fully saturated rings. The maximum atomic E-state index is 12.8. The van der Waals surface area contributed by atoms with E-state index >= 15 is 0 Å². The minimum Gasteiger partial charge on any atom is -0.488 e. The first kappa shape index (κ1) is 23.8. The molecule has 0 aliphatic rings. The average molecular weight is 552 g/mol. The Morgan fingerprint density at radius 3 is 2.65 bits per heavy atom. The van der Waals surface area contributed by atoms with Gasteiger partial charge in [0.25, 0.3) is 5.91 Å². The highest BCUT2D eigenvalue weighted by Crippen LogP contribution is 2.29. The fraction of sp³-hybridized carbons (Fsp3) is 0.0370. The second kappa shape index (κ2) is 10.8. The molecule has 4 nitrogen and oxygen atoms in total. The van der Waals surface area contributed by atoms with E-state index in [0.717, 1.165) is 20.8 Å². The molecular formula is C27H17BrCl2N2O2. The average Bonchev–Trinajstić information content (AvgIpc) is 2.84. The van der Waals surface area contributed by atoms with Crippen LogP contribution in [0.25, 0.3) is 16.8 Å². The van der Waals surface area contributed by atoms with Crippen LogP contribution in [0.3, 0.4) is 0 Å². The van der Waals surface area contributed by atoms with Crippen molar-refractivity contribution >= 4 is 67.6 Å². The number of ether oxygens (including phenoxy) is 1. The molecule has 0 saturated heterocycles. The zero-order chi connectivity index (χ0) is 24.1. The van der Waals surface area contributed by atoms with Crippen LogP contribution in [-0.4, -0.2) is 5.91 Å². The van der Waals surface area contributed by atoms with Crippen molar-refractivity contribution in [3.8, 4) is 11.8 Å². The standard InChI is InChI=1S/C27H17BrCl2N2O2/c28-21-8-11-26(34-16-18-6-3-5-17-4-1-2-7-23(17)18)19(13-21)12-20(15-31)27(33)32-25-14-22(29)9-10-24(25)30/h1-14H,16H2,(H,32,33)/b20-12-. The molecular weight excluding hydrogens is 535 g/mol. The number of carbonyl (C=O) groups is 1. The first-order chi connectivity index (χ1) is 16.4. The smallest absolute Gasteiger partial charge is 0.266 e. The van der Waals surface area contributed by atoms with Crippen molar-refractivity contribution in [3.05, 3.63) is 110 Å². The van der Waals surface area contributed by atoms with Gasteiger partial charge in [-0.2, -0.15) is 5.26 Å². The normalized spacial score (nSPS) is 11.2. The molecule has 34 heavy (non-hydrogen) atoms. The molecule has 0 unspecified atom stereocenters. The van der Waals surface area contributed by atoms with Crippen LogP contribution in [0.15, 0.2) is 88.9 Å². The van der Waals surface area contributed by atoms with Gasteiger partial charge in [-0.1, -0.05) is 81.6 Å². The van der Waals surface area contributed by atoms with Gasteiger partial charge in [-0.15, -0.1) is 0 Å². The number of nitrogens with one attached hydrogen (secondary N) is 1. The van der Waals surface area contributed by atoms with Crippen LogP contribution in [0.5, 0.6) is 5.75 Å². The van der Waals surface area contributed by atoms with E-state index in [1.54, 1.807) is 24.3 Å². The summed E-state index contributed by atoms with van der Waals surface area (Å²) in [6.45, 7) is 0.329. The molecule has 0 spiro atoms. The largest absolute Gasteiger partial charge is 0.488 e. The lowest BCUT2D eigenvalue weighted by Crippen LogP contribution is -2.13. The quantitative estimate of drug-likeness (QED) is 0.195. The number of benzene rings is 4. The Labute approximate surface area is 215 Å². The number of amides is 1. The minimum absolute atomic E-state index is 0.107.